The highest BCUT2D eigenvalue weighted by Gasteiger charge is 2.18. The van der Waals surface area contributed by atoms with E-state index in [0.29, 0.717) is 11.3 Å². The summed E-state index contributed by atoms with van der Waals surface area (Å²) >= 11 is 1.97. The normalized spacial score (nSPS) is 27.6. The van der Waals surface area contributed by atoms with E-state index < -0.39 is 0 Å². The van der Waals surface area contributed by atoms with Crippen molar-refractivity contribution >= 4 is 11.8 Å². The van der Waals surface area contributed by atoms with E-state index in [2.05, 4.69) is 12.2 Å². The average Bonchev–Trinajstić information content (AvgIpc) is 2.21. The van der Waals surface area contributed by atoms with Crippen molar-refractivity contribution in [3.63, 3.8) is 0 Å². The van der Waals surface area contributed by atoms with E-state index in [1.165, 1.54) is 17.7 Å². The van der Waals surface area contributed by atoms with Gasteiger partial charge in [0, 0.05) is 23.6 Å². The molecule has 1 aromatic rings. The van der Waals surface area contributed by atoms with Crippen LogP contribution in [0.4, 0.5) is 4.39 Å². The molecule has 1 N–H and O–H groups in total. The molecule has 1 aromatic carbocycles. The molecule has 0 aliphatic carbocycles. The molecule has 1 heterocycles. The molecule has 1 nitrogen and oxygen atoms in total. The Morgan fingerprint density at radius 2 is 2.07 bits per heavy atom. The lowest BCUT2D eigenvalue weighted by atomic mass is 10.1. The van der Waals surface area contributed by atoms with Crippen molar-refractivity contribution in [1.29, 1.82) is 0 Å². The van der Waals surface area contributed by atoms with Gasteiger partial charge in [0.1, 0.15) is 5.82 Å². The minimum absolute atomic E-state index is 0.161. The molecule has 0 spiro atoms. The second-order valence-electron chi connectivity index (χ2n) is 3.66. The van der Waals surface area contributed by atoms with Gasteiger partial charge in [0.15, 0.2) is 0 Å². The van der Waals surface area contributed by atoms with Crippen molar-refractivity contribution in [2.45, 2.75) is 18.2 Å². The monoisotopic (exact) mass is 211 g/mol. The van der Waals surface area contributed by atoms with E-state index in [1.807, 2.05) is 23.9 Å². The van der Waals surface area contributed by atoms with Crippen LogP contribution in [0.3, 0.4) is 0 Å². The first kappa shape index (κ1) is 9.99. The lowest BCUT2D eigenvalue weighted by Crippen LogP contribution is -2.34. The van der Waals surface area contributed by atoms with E-state index in [9.17, 15) is 4.39 Å². The van der Waals surface area contributed by atoms with Gasteiger partial charge in [0.25, 0.3) is 0 Å². The number of halogens is 1. The molecular formula is C11H14FNS. The maximum absolute atomic E-state index is 12.7. The third-order valence-electron chi connectivity index (χ3n) is 2.47. The van der Waals surface area contributed by atoms with Crippen molar-refractivity contribution in [2.24, 2.45) is 0 Å². The third-order valence-corrected chi connectivity index (χ3v) is 3.73. The minimum Gasteiger partial charge on any atom is -0.308 e. The maximum Gasteiger partial charge on any atom is 0.123 e. The van der Waals surface area contributed by atoms with Gasteiger partial charge in [-0.1, -0.05) is 19.1 Å². The zero-order valence-corrected chi connectivity index (χ0v) is 8.98. The molecule has 1 saturated heterocycles. The van der Waals surface area contributed by atoms with Crippen molar-refractivity contribution in [3.8, 4) is 0 Å². The fraction of sp³-hybridized carbons (Fsp3) is 0.455. The van der Waals surface area contributed by atoms with E-state index in [4.69, 9.17) is 0 Å². The van der Waals surface area contributed by atoms with Crippen LogP contribution in [-0.2, 0) is 0 Å². The molecular weight excluding hydrogens is 197 g/mol. The fourth-order valence-corrected chi connectivity index (χ4v) is 2.64. The van der Waals surface area contributed by atoms with Gasteiger partial charge in [0.05, 0.1) is 0 Å². The van der Waals surface area contributed by atoms with Gasteiger partial charge < -0.3 is 5.32 Å². The standard InChI is InChI=1S/C11H14FNS/c1-8-6-13-11(7-14-8)9-2-4-10(12)5-3-9/h2-5,8,11,13H,6-7H2,1H3. The van der Waals surface area contributed by atoms with Crippen LogP contribution >= 0.6 is 11.8 Å². The topological polar surface area (TPSA) is 12.0 Å². The lowest BCUT2D eigenvalue weighted by molar-refractivity contribution is 0.561. The quantitative estimate of drug-likeness (QED) is 0.766. The maximum atomic E-state index is 12.7. The molecule has 3 heteroatoms. The number of thioether (sulfide) groups is 1. The van der Waals surface area contributed by atoms with Crippen LogP contribution in [0, 0.1) is 5.82 Å². The smallest absolute Gasteiger partial charge is 0.123 e. The Bertz CT molecular complexity index is 291. The molecule has 2 rings (SSSR count). The molecule has 1 fully saturated rings. The zero-order valence-electron chi connectivity index (χ0n) is 8.16. The Labute approximate surface area is 88.1 Å². The zero-order chi connectivity index (χ0) is 9.97. The molecule has 2 unspecified atom stereocenters. The molecule has 0 radical (unpaired) electrons. The van der Waals surface area contributed by atoms with E-state index in [1.54, 1.807) is 0 Å². The Hall–Kier alpha value is -0.540. The Morgan fingerprint density at radius 3 is 2.64 bits per heavy atom. The molecule has 14 heavy (non-hydrogen) atoms. The highest BCUT2D eigenvalue weighted by molar-refractivity contribution is 8.00. The van der Waals surface area contributed by atoms with Gasteiger partial charge >= 0.3 is 0 Å². The predicted octanol–water partition coefficient (Wildman–Crippen LogP) is 2.59. The van der Waals surface area contributed by atoms with Crippen LogP contribution in [0.2, 0.25) is 0 Å². The molecule has 1 aliphatic heterocycles. The molecule has 1 aliphatic rings. The molecule has 0 aromatic heterocycles. The van der Waals surface area contributed by atoms with Gasteiger partial charge in [0.2, 0.25) is 0 Å². The summed E-state index contributed by atoms with van der Waals surface area (Å²) in [4.78, 5) is 0. The van der Waals surface area contributed by atoms with Crippen LogP contribution in [0.15, 0.2) is 24.3 Å². The summed E-state index contributed by atoms with van der Waals surface area (Å²) in [5.41, 5.74) is 1.19. The van der Waals surface area contributed by atoms with Gasteiger partial charge in [-0.3, -0.25) is 0 Å². The Morgan fingerprint density at radius 1 is 1.36 bits per heavy atom. The second-order valence-corrected chi connectivity index (χ2v) is 5.13. The van der Waals surface area contributed by atoms with E-state index >= 15 is 0 Å². The van der Waals surface area contributed by atoms with Crippen LogP contribution in [0.1, 0.15) is 18.5 Å². The molecule has 2 atom stereocenters. The van der Waals surface area contributed by atoms with Crippen LogP contribution in [-0.4, -0.2) is 17.5 Å². The van der Waals surface area contributed by atoms with Crippen molar-refractivity contribution in [1.82, 2.24) is 5.32 Å². The number of rotatable bonds is 1. The molecule has 0 amide bonds. The van der Waals surface area contributed by atoms with Crippen LogP contribution in [0.25, 0.3) is 0 Å². The van der Waals surface area contributed by atoms with Gasteiger partial charge in [-0.2, -0.15) is 11.8 Å². The number of hydrogen-bond acceptors (Lipinski definition) is 2. The number of nitrogens with one attached hydrogen (secondary N) is 1. The SMILES string of the molecule is CC1CNC(c2ccc(F)cc2)CS1. The lowest BCUT2D eigenvalue weighted by Gasteiger charge is -2.27. The summed E-state index contributed by atoms with van der Waals surface area (Å²) in [5, 5.41) is 4.15. The summed E-state index contributed by atoms with van der Waals surface area (Å²) in [7, 11) is 0. The average molecular weight is 211 g/mol. The summed E-state index contributed by atoms with van der Waals surface area (Å²) in [6, 6.07) is 7.17. The Kier molecular flexibility index (Phi) is 3.08. The molecule has 76 valence electrons. The number of benzene rings is 1. The molecule has 0 saturated carbocycles. The fourth-order valence-electron chi connectivity index (χ4n) is 1.60. The highest BCUT2D eigenvalue weighted by atomic mass is 32.2. The summed E-state index contributed by atoms with van der Waals surface area (Å²) < 4.78 is 12.7. The summed E-state index contributed by atoms with van der Waals surface area (Å²) in [5.74, 6) is 0.915. The van der Waals surface area contributed by atoms with Crippen LogP contribution < -0.4 is 5.32 Å². The first-order chi connectivity index (χ1) is 6.75. The van der Waals surface area contributed by atoms with Crippen molar-refractivity contribution in [2.75, 3.05) is 12.3 Å². The first-order valence-corrected chi connectivity index (χ1v) is 5.91. The predicted molar refractivity (Wildman–Crippen MR) is 59.1 cm³/mol. The van der Waals surface area contributed by atoms with Crippen LogP contribution in [0.5, 0.6) is 0 Å². The summed E-state index contributed by atoms with van der Waals surface area (Å²) in [6.45, 7) is 3.26. The Balaban J connectivity index is 2.05. The van der Waals surface area contributed by atoms with E-state index in [-0.39, 0.29) is 5.82 Å². The summed E-state index contributed by atoms with van der Waals surface area (Å²) in [6.07, 6.45) is 0. The number of hydrogen-bond donors (Lipinski definition) is 1. The largest absolute Gasteiger partial charge is 0.308 e. The first-order valence-electron chi connectivity index (χ1n) is 4.86. The van der Waals surface area contributed by atoms with E-state index in [0.717, 1.165) is 12.3 Å². The van der Waals surface area contributed by atoms with Crippen molar-refractivity contribution in [3.05, 3.63) is 35.6 Å². The van der Waals surface area contributed by atoms with Crippen molar-refractivity contribution < 1.29 is 4.39 Å². The highest BCUT2D eigenvalue weighted by Crippen LogP contribution is 2.25. The van der Waals surface area contributed by atoms with Gasteiger partial charge in [-0.05, 0) is 17.7 Å². The minimum atomic E-state index is -0.161. The van der Waals surface area contributed by atoms with Gasteiger partial charge in [-0.15, -0.1) is 0 Å². The van der Waals surface area contributed by atoms with Gasteiger partial charge in [-0.25, -0.2) is 4.39 Å². The second kappa shape index (κ2) is 4.32. The molecule has 0 bridgehead atoms. The third kappa shape index (κ3) is 2.28.